The zero-order chi connectivity index (χ0) is 10.4. The number of ketones is 1. The lowest BCUT2D eigenvalue weighted by Crippen LogP contribution is -2.44. The largest absolute Gasteiger partial charge is 0.377 e. The van der Waals surface area contributed by atoms with Crippen LogP contribution in [-0.2, 0) is 14.3 Å². The van der Waals surface area contributed by atoms with E-state index in [-0.39, 0.29) is 12.4 Å². The summed E-state index contributed by atoms with van der Waals surface area (Å²) in [6.07, 6.45) is -0.404. The van der Waals surface area contributed by atoms with Gasteiger partial charge >= 0.3 is 0 Å². The van der Waals surface area contributed by atoms with Crippen LogP contribution in [0.25, 0.3) is 0 Å². The molecule has 1 aliphatic heterocycles. The van der Waals surface area contributed by atoms with Gasteiger partial charge in [-0.15, -0.1) is 0 Å². The maximum Gasteiger partial charge on any atom is 0.172 e. The second-order valence-corrected chi connectivity index (χ2v) is 3.20. The molecule has 0 saturated carbocycles. The van der Waals surface area contributed by atoms with Crippen LogP contribution in [0.1, 0.15) is 0 Å². The third-order valence-corrected chi connectivity index (χ3v) is 2.00. The Morgan fingerprint density at radius 3 is 3.21 bits per heavy atom. The fourth-order valence-electron chi connectivity index (χ4n) is 1.38. The summed E-state index contributed by atoms with van der Waals surface area (Å²) in [5, 5.41) is 8.64. The molecule has 0 aromatic carbocycles. The standard InChI is InChI=1S/C9H14N2O3/c1-13-7-8(12)5-11-2-3-14-9(4-10)6-11/h9H,2-3,5-7H2,1H3. The van der Waals surface area contributed by atoms with Crippen molar-refractivity contribution in [2.24, 2.45) is 0 Å². The monoisotopic (exact) mass is 198 g/mol. The zero-order valence-electron chi connectivity index (χ0n) is 8.23. The molecule has 0 radical (unpaired) electrons. The minimum atomic E-state index is -0.404. The zero-order valence-corrected chi connectivity index (χ0v) is 8.23. The Morgan fingerprint density at radius 1 is 1.79 bits per heavy atom. The van der Waals surface area contributed by atoms with Crippen LogP contribution in [0, 0.1) is 11.3 Å². The van der Waals surface area contributed by atoms with Crippen LogP contribution in [0.15, 0.2) is 0 Å². The molecule has 1 atom stereocenters. The number of Topliss-reactive ketones (excluding diaryl/α,β-unsaturated/α-hetero) is 1. The highest BCUT2D eigenvalue weighted by Crippen LogP contribution is 2.03. The fourth-order valence-corrected chi connectivity index (χ4v) is 1.38. The van der Waals surface area contributed by atoms with Crippen molar-refractivity contribution in [2.75, 3.05) is 40.0 Å². The molecule has 5 heteroatoms. The normalized spacial score (nSPS) is 23.0. The topological polar surface area (TPSA) is 62.6 Å². The van der Waals surface area contributed by atoms with Gasteiger partial charge in [0.2, 0.25) is 0 Å². The van der Waals surface area contributed by atoms with Gasteiger partial charge in [0.15, 0.2) is 11.9 Å². The molecule has 0 N–H and O–H groups in total. The van der Waals surface area contributed by atoms with E-state index < -0.39 is 6.10 Å². The molecule has 0 aromatic heterocycles. The van der Waals surface area contributed by atoms with Gasteiger partial charge in [0.25, 0.3) is 0 Å². The number of hydrogen-bond donors (Lipinski definition) is 0. The molecule has 1 unspecified atom stereocenters. The second-order valence-electron chi connectivity index (χ2n) is 3.20. The van der Waals surface area contributed by atoms with Crippen molar-refractivity contribution in [1.82, 2.24) is 4.90 Å². The van der Waals surface area contributed by atoms with Crippen molar-refractivity contribution in [2.45, 2.75) is 6.10 Å². The molecule has 1 rings (SSSR count). The molecule has 0 aromatic rings. The van der Waals surface area contributed by atoms with E-state index in [0.29, 0.717) is 26.2 Å². The molecule has 1 saturated heterocycles. The van der Waals surface area contributed by atoms with Crippen molar-refractivity contribution in [3.05, 3.63) is 0 Å². The molecule has 1 heterocycles. The summed E-state index contributed by atoms with van der Waals surface area (Å²) in [6, 6.07) is 2.03. The fraction of sp³-hybridized carbons (Fsp3) is 0.778. The maximum absolute atomic E-state index is 11.2. The van der Waals surface area contributed by atoms with Crippen LogP contribution in [0.4, 0.5) is 0 Å². The summed E-state index contributed by atoms with van der Waals surface area (Å²) >= 11 is 0. The van der Waals surface area contributed by atoms with Gasteiger partial charge in [0.1, 0.15) is 6.61 Å². The highest BCUT2D eigenvalue weighted by Gasteiger charge is 2.21. The molecule has 1 fully saturated rings. The quantitative estimate of drug-likeness (QED) is 0.605. The number of hydrogen-bond acceptors (Lipinski definition) is 5. The summed E-state index contributed by atoms with van der Waals surface area (Å²) in [7, 11) is 1.50. The van der Waals surface area contributed by atoms with Crippen LogP contribution in [0.5, 0.6) is 0 Å². The van der Waals surface area contributed by atoms with E-state index in [1.54, 1.807) is 0 Å². The van der Waals surface area contributed by atoms with Gasteiger partial charge in [-0.3, -0.25) is 9.69 Å². The van der Waals surface area contributed by atoms with Crippen LogP contribution in [0.3, 0.4) is 0 Å². The third-order valence-electron chi connectivity index (χ3n) is 2.00. The molecule has 78 valence electrons. The highest BCUT2D eigenvalue weighted by atomic mass is 16.5. The smallest absolute Gasteiger partial charge is 0.172 e. The second kappa shape index (κ2) is 5.70. The molecule has 0 amide bonds. The summed E-state index contributed by atoms with van der Waals surface area (Å²) in [5.74, 6) is 0.0334. The summed E-state index contributed by atoms with van der Waals surface area (Å²) in [6.45, 7) is 2.20. The van der Waals surface area contributed by atoms with E-state index in [9.17, 15) is 4.79 Å². The van der Waals surface area contributed by atoms with Gasteiger partial charge in [0.05, 0.1) is 19.2 Å². The number of nitrogens with zero attached hydrogens (tertiary/aromatic N) is 2. The average molecular weight is 198 g/mol. The van der Waals surface area contributed by atoms with Crippen molar-refractivity contribution < 1.29 is 14.3 Å². The minimum Gasteiger partial charge on any atom is -0.377 e. The van der Waals surface area contributed by atoms with Crippen molar-refractivity contribution in [1.29, 1.82) is 5.26 Å². The first kappa shape index (κ1) is 11.1. The highest BCUT2D eigenvalue weighted by molar-refractivity contribution is 5.81. The van der Waals surface area contributed by atoms with E-state index in [2.05, 4.69) is 0 Å². The lowest BCUT2D eigenvalue weighted by molar-refractivity contribution is -0.125. The van der Waals surface area contributed by atoms with Crippen molar-refractivity contribution in [3.63, 3.8) is 0 Å². The van der Waals surface area contributed by atoms with Gasteiger partial charge in [-0.1, -0.05) is 0 Å². The molecular weight excluding hydrogens is 184 g/mol. The Balaban J connectivity index is 2.31. The molecule has 14 heavy (non-hydrogen) atoms. The van der Waals surface area contributed by atoms with Crippen molar-refractivity contribution in [3.8, 4) is 6.07 Å². The number of ether oxygens (including phenoxy) is 2. The number of rotatable bonds is 4. The lowest BCUT2D eigenvalue weighted by atomic mass is 10.2. The summed E-state index contributed by atoms with van der Waals surface area (Å²) in [4.78, 5) is 13.1. The van der Waals surface area contributed by atoms with E-state index in [1.807, 2.05) is 11.0 Å². The summed E-state index contributed by atoms with van der Waals surface area (Å²) < 4.78 is 9.88. The van der Waals surface area contributed by atoms with Crippen LogP contribution >= 0.6 is 0 Å². The van der Waals surface area contributed by atoms with E-state index >= 15 is 0 Å². The molecule has 0 bridgehead atoms. The number of morpholine rings is 1. The Morgan fingerprint density at radius 2 is 2.57 bits per heavy atom. The maximum atomic E-state index is 11.2. The first-order valence-corrected chi connectivity index (χ1v) is 4.50. The number of carbonyl (C=O) groups is 1. The Kier molecular flexibility index (Phi) is 4.53. The van der Waals surface area contributed by atoms with E-state index in [4.69, 9.17) is 14.7 Å². The Bertz CT molecular complexity index is 237. The summed E-state index contributed by atoms with van der Waals surface area (Å²) in [5.41, 5.74) is 0. The SMILES string of the molecule is COCC(=O)CN1CCOC(C#N)C1. The number of nitriles is 1. The van der Waals surface area contributed by atoms with Gasteiger partial charge in [-0.05, 0) is 0 Å². The molecular formula is C9H14N2O3. The van der Waals surface area contributed by atoms with Gasteiger partial charge < -0.3 is 9.47 Å². The van der Waals surface area contributed by atoms with Crippen molar-refractivity contribution >= 4 is 5.78 Å². The van der Waals surface area contributed by atoms with Crippen LogP contribution < -0.4 is 0 Å². The Hall–Kier alpha value is -0.960. The first-order valence-electron chi connectivity index (χ1n) is 4.50. The van der Waals surface area contributed by atoms with Gasteiger partial charge in [-0.25, -0.2) is 0 Å². The molecule has 5 nitrogen and oxygen atoms in total. The Labute approximate surface area is 83.2 Å². The van der Waals surface area contributed by atoms with E-state index in [1.165, 1.54) is 7.11 Å². The molecule has 0 aliphatic carbocycles. The third kappa shape index (κ3) is 3.42. The first-order chi connectivity index (χ1) is 6.76. The molecule has 0 spiro atoms. The molecule has 1 aliphatic rings. The lowest BCUT2D eigenvalue weighted by Gasteiger charge is -2.28. The van der Waals surface area contributed by atoms with Gasteiger partial charge in [-0.2, -0.15) is 5.26 Å². The number of methoxy groups -OCH3 is 1. The minimum absolute atomic E-state index is 0.0334. The average Bonchev–Trinajstić information content (AvgIpc) is 2.18. The predicted octanol–water partition coefficient (Wildman–Crippen LogP) is -0.574. The predicted molar refractivity (Wildman–Crippen MR) is 48.7 cm³/mol. The van der Waals surface area contributed by atoms with E-state index in [0.717, 1.165) is 0 Å². The van der Waals surface area contributed by atoms with Crippen LogP contribution in [-0.4, -0.2) is 56.7 Å². The van der Waals surface area contributed by atoms with Gasteiger partial charge in [0, 0.05) is 20.2 Å². The van der Waals surface area contributed by atoms with Crippen LogP contribution in [0.2, 0.25) is 0 Å². The number of carbonyl (C=O) groups excluding carboxylic acids is 1.